The Labute approximate surface area is 169 Å². The molecule has 1 saturated heterocycles. The zero-order valence-corrected chi connectivity index (χ0v) is 16.4. The van der Waals surface area contributed by atoms with E-state index in [1.54, 1.807) is 13.4 Å². The summed E-state index contributed by atoms with van der Waals surface area (Å²) in [7, 11) is 1.66. The number of hydrogen-bond donors (Lipinski definition) is 1. The maximum Gasteiger partial charge on any atom is 0.231 e. The number of fused-ring (bicyclic) bond motifs is 2. The highest BCUT2D eigenvalue weighted by Crippen LogP contribution is 2.41. The molecule has 0 radical (unpaired) electrons. The van der Waals surface area contributed by atoms with Crippen molar-refractivity contribution in [2.24, 2.45) is 11.8 Å². The van der Waals surface area contributed by atoms with E-state index in [0.717, 1.165) is 43.2 Å². The van der Waals surface area contributed by atoms with Crippen molar-refractivity contribution in [3.8, 4) is 17.2 Å². The topological polar surface area (TPSA) is 86.2 Å². The Bertz CT molecular complexity index is 879. The van der Waals surface area contributed by atoms with Gasteiger partial charge in [-0.15, -0.1) is 0 Å². The number of rotatable bonds is 5. The van der Waals surface area contributed by atoms with Crippen LogP contribution < -0.4 is 19.1 Å². The highest BCUT2D eigenvalue weighted by atomic mass is 16.7. The fourth-order valence-corrected chi connectivity index (χ4v) is 4.61. The number of aliphatic hydroxyl groups excluding tert-OH is 1. The van der Waals surface area contributed by atoms with Crippen LogP contribution in [0.2, 0.25) is 0 Å². The van der Waals surface area contributed by atoms with Crippen molar-refractivity contribution in [1.29, 1.82) is 0 Å². The molecule has 1 saturated carbocycles. The van der Waals surface area contributed by atoms with Gasteiger partial charge < -0.3 is 29.0 Å². The van der Waals surface area contributed by atoms with Gasteiger partial charge in [-0.1, -0.05) is 0 Å². The summed E-state index contributed by atoms with van der Waals surface area (Å²) in [4.78, 5) is 11.0. The van der Waals surface area contributed by atoms with Gasteiger partial charge in [0.1, 0.15) is 24.0 Å². The van der Waals surface area contributed by atoms with E-state index in [1.165, 1.54) is 0 Å². The van der Waals surface area contributed by atoms with E-state index in [4.69, 9.17) is 18.9 Å². The lowest BCUT2D eigenvalue weighted by molar-refractivity contribution is -0.0232. The predicted octanol–water partition coefficient (Wildman–Crippen LogP) is 2.01. The Kier molecular flexibility index (Phi) is 4.89. The largest absolute Gasteiger partial charge is 0.488 e. The number of methoxy groups -OCH3 is 1. The normalized spacial score (nSPS) is 27.7. The molecular formula is C21H25N3O5. The molecule has 154 valence electrons. The number of ether oxygens (including phenoxy) is 4. The van der Waals surface area contributed by atoms with Crippen LogP contribution in [0.1, 0.15) is 18.5 Å². The average molecular weight is 399 g/mol. The molecule has 0 spiro atoms. The number of aliphatic hydroxyl groups is 1. The summed E-state index contributed by atoms with van der Waals surface area (Å²) in [5.74, 6) is 3.93. The first-order valence-electron chi connectivity index (χ1n) is 9.99. The predicted molar refractivity (Wildman–Crippen MR) is 104 cm³/mol. The fourth-order valence-electron chi connectivity index (χ4n) is 4.61. The Balaban J connectivity index is 1.26. The van der Waals surface area contributed by atoms with E-state index < -0.39 is 6.10 Å². The van der Waals surface area contributed by atoms with E-state index in [-0.39, 0.29) is 12.9 Å². The maximum atomic E-state index is 10.7. The van der Waals surface area contributed by atoms with Crippen LogP contribution in [0.4, 0.5) is 5.82 Å². The monoisotopic (exact) mass is 399 g/mol. The van der Waals surface area contributed by atoms with E-state index in [0.29, 0.717) is 29.9 Å². The van der Waals surface area contributed by atoms with Crippen molar-refractivity contribution in [3.63, 3.8) is 0 Å². The average Bonchev–Trinajstić information content (AvgIpc) is 3.35. The SMILES string of the molecule is COCc1cc(N2C[C@H]3C[C@@H](Oc4ccc5c(c4)OCO5)[C@H](O)C[C@H]3C2)ncn1. The summed E-state index contributed by atoms with van der Waals surface area (Å²) >= 11 is 0. The fraction of sp³-hybridized carbons (Fsp3) is 0.524. The smallest absolute Gasteiger partial charge is 0.231 e. The van der Waals surface area contributed by atoms with Gasteiger partial charge in [0.05, 0.1) is 18.4 Å². The molecule has 1 aromatic carbocycles. The second kappa shape index (κ2) is 7.68. The van der Waals surface area contributed by atoms with Crippen molar-refractivity contribution < 1.29 is 24.1 Å². The Morgan fingerprint density at radius 3 is 2.79 bits per heavy atom. The summed E-state index contributed by atoms with van der Waals surface area (Å²) in [5, 5.41) is 10.7. The molecule has 2 aromatic rings. The van der Waals surface area contributed by atoms with Gasteiger partial charge >= 0.3 is 0 Å². The van der Waals surface area contributed by atoms with E-state index >= 15 is 0 Å². The zero-order valence-electron chi connectivity index (χ0n) is 16.4. The van der Waals surface area contributed by atoms with Gasteiger partial charge in [-0.2, -0.15) is 0 Å². The molecule has 0 amide bonds. The van der Waals surface area contributed by atoms with Crippen molar-refractivity contribution in [2.75, 3.05) is 31.9 Å². The molecule has 0 bridgehead atoms. The Hall–Kier alpha value is -2.58. The molecule has 1 aromatic heterocycles. The quantitative estimate of drug-likeness (QED) is 0.817. The van der Waals surface area contributed by atoms with Crippen LogP contribution in [0.3, 0.4) is 0 Å². The van der Waals surface area contributed by atoms with Gasteiger partial charge in [-0.25, -0.2) is 9.97 Å². The molecule has 1 N–H and O–H groups in total. The lowest BCUT2D eigenvalue weighted by Crippen LogP contribution is -2.42. The summed E-state index contributed by atoms with van der Waals surface area (Å²) in [5.41, 5.74) is 0.872. The molecule has 3 heterocycles. The second-order valence-electron chi connectivity index (χ2n) is 7.94. The lowest BCUT2D eigenvalue weighted by atomic mass is 9.78. The number of hydrogen-bond acceptors (Lipinski definition) is 8. The van der Waals surface area contributed by atoms with Crippen LogP contribution in [0.25, 0.3) is 0 Å². The van der Waals surface area contributed by atoms with Crippen molar-refractivity contribution in [2.45, 2.75) is 31.7 Å². The molecule has 2 fully saturated rings. The van der Waals surface area contributed by atoms with E-state index in [9.17, 15) is 5.11 Å². The van der Waals surface area contributed by atoms with Gasteiger partial charge in [0, 0.05) is 32.3 Å². The van der Waals surface area contributed by atoms with Gasteiger partial charge in [-0.3, -0.25) is 0 Å². The number of anilines is 1. The minimum Gasteiger partial charge on any atom is -0.488 e. The standard InChI is InChI=1S/C21H25N3O5/c1-26-10-15-6-21(23-11-22-15)24-8-13-4-17(25)19(5-14(13)9-24)29-16-2-3-18-20(7-16)28-12-27-18/h2-3,6-7,11,13-14,17,19,25H,4-5,8-10,12H2,1H3/t13-,14+,17+,19+/m0/s1. The number of benzene rings is 1. The summed E-state index contributed by atoms with van der Waals surface area (Å²) < 4.78 is 22.1. The highest BCUT2D eigenvalue weighted by molar-refractivity contribution is 5.47. The van der Waals surface area contributed by atoms with Crippen molar-refractivity contribution >= 4 is 5.82 Å². The third-order valence-corrected chi connectivity index (χ3v) is 6.04. The molecule has 1 aliphatic carbocycles. The van der Waals surface area contributed by atoms with Crippen LogP contribution in [0.5, 0.6) is 17.2 Å². The number of nitrogens with zero attached hydrogens (tertiary/aromatic N) is 3. The maximum absolute atomic E-state index is 10.7. The molecule has 5 rings (SSSR count). The van der Waals surface area contributed by atoms with Gasteiger partial charge in [0.25, 0.3) is 0 Å². The molecule has 4 atom stereocenters. The van der Waals surface area contributed by atoms with Gasteiger partial charge in [0.2, 0.25) is 6.79 Å². The Morgan fingerprint density at radius 1 is 1.10 bits per heavy atom. The molecular weight excluding hydrogens is 374 g/mol. The van der Waals surface area contributed by atoms with E-state index in [2.05, 4.69) is 14.9 Å². The molecule has 8 heteroatoms. The van der Waals surface area contributed by atoms with Crippen LogP contribution in [-0.4, -0.2) is 54.3 Å². The third kappa shape index (κ3) is 3.70. The van der Waals surface area contributed by atoms with Crippen LogP contribution in [0, 0.1) is 11.8 Å². The summed E-state index contributed by atoms with van der Waals surface area (Å²) in [6, 6.07) is 7.53. The molecule has 29 heavy (non-hydrogen) atoms. The first-order valence-corrected chi connectivity index (χ1v) is 9.99. The number of aromatic nitrogens is 2. The zero-order chi connectivity index (χ0) is 19.8. The molecule has 8 nitrogen and oxygen atoms in total. The van der Waals surface area contributed by atoms with Crippen molar-refractivity contribution in [3.05, 3.63) is 36.3 Å². The van der Waals surface area contributed by atoms with Crippen LogP contribution in [-0.2, 0) is 11.3 Å². The molecule has 3 aliphatic rings. The van der Waals surface area contributed by atoms with Crippen LogP contribution in [0.15, 0.2) is 30.6 Å². The highest BCUT2D eigenvalue weighted by Gasteiger charge is 2.43. The summed E-state index contributed by atoms with van der Waals surface area (Å²) in [6.45, 7) is 2.50. The lowest BCUT2D eigenvalue weighted by Gasteiger charge is -2.35. The first kappa shape index (κ1) is 18.4. The minimum absolute atomic E-state index is 0.231. The summed E-state index contributed by atoms with van der Waals surface area (Å²) in [6.07, 6.45) is 2.41. The molecule has 0 unspecified atom stereocenters. The first-order chi connectivity index (χ1) is 14.2. The third-order valence-electron chi connectivity index (χ3n) is 6.04. The molecule has 2 aliphatic heterocycles. The minimum atomic E-state index is -0.490. The Morgan fingerprint density at radius 2 is 1.93 bits per heavy atom. The second-order valence-corrected chi connectivity index (χ2v) is 7.94. The van der Waals surface area contributed by atoms with Crippen molar-refractivity contribution in [1.82, 2.24) is 9.97 Å². The van der Waals surface area contributed by atoms with Gasteiger partial charge in [-0.05, 0) is 36.8 Å². The van der Waals surface area contributed by atoms with Gasteiger partial charge in [0.15, 0.2) is 11.5 Å². The van der Waals surface area contributed by atoms with Crippen LogP contribution >= 0.6 is 0 Å². The van der Waals surface area contributed by atoms with E-state index in [1.807, 2.05) is 24.3 Å².